The van der Waals surface area contributed by atoms with Gasteiger partial charge < -0.3 is 4.90 Å². The average Bonchev–Trinajstić information content (AvgIpc) is 3.88. The Balaban J connectivity index is 0.00000116. The second-order valence-electron chi connectivity index (χ2n) is 16.5. The van der Waals surface area contributed by atoms with Gasteiger partial charge in [-0.15, -0.1) is 21.9 Å². The molecule has 0 amide bonds. The van der Waals surface area contributed by atoms with Crippen LogP contribution in [-0.2, 0) is 0 Å². The number of benzene rings is 8. The molecule has 1 fully saturated rings. The Morgan fingerprint density at radius 3 is 0.467 bits per heavy atom. The zero-order chi connectivity index (χ0) is 56.0. The van der Waals surface area contributed by atoms with Crippen LogP contribution in [-0.4, -0.2) is 26.3 Å². The maximum absolute atomic E-state index is 17.3. The van der Waals surface area contributed by atoms with E-state index in [1.807, 2.05) is 0 Å². The molecule has 0 aliphatic carbocycles. The Labute approximate surface area is 394 Å². The van der Waals surface area contributed by atoms with Crippen LogP contribution in [0.1, 0.15) is 12.8 Å². The van der Waals surface area contributed by atoms with Crippen LogP contribution in [0.4, 0.5) is 123 Å². The molecule has 1 nitrogen and oxygen atoms in total. The molecule has 0 aromatic heterocycles. The Morgan fingerprint density at radius 2 is 0.333 bits per heavy atom. The number of hydrogen-bond acceptors (Lipinski definition) is 0. The number of likely N-dealkylation sites (tertiary alicyclic amines) is 1. The van der Waals surface area contributed by atoms with Gasteiger partial charge in [0.15, 0.2) is 140 Å². The summed E-state index contributed by atoms with van der Waals surface area (Å²) in [5.41, 5.74) is -15.5. The van der Waals surface area contributed by atoms with E-state index in [1.165, 1.54) is 25.9 Å². The fraction of sp³-hybridized carbons (Fsp3) is 0.111. The highest BCUT2D eigenvalue weighted by atomic mass is 19.2. The number of hydrogen-bond donors (Lipinski definition) is 1. The molecule has 75 heavy (non-hydrogen) atoms. The summed E-state index contributed by atoms with van der Waals surface area (Å²) in [7, 11) is 2.26. The van der Waals surface area contributed by atoms with Crippen molar-refractivity contribution in [2.75, 3.05) is 20.1 Å². The van der Waals surface area contributed by atoms with Crippen LogP contribution in [0.5, 0.6) is 0 Å². The molecule has 0 unspecified atom stereocenters. The van der Waals surface area contributed by atoms with Gasteiger partial charge in [-0.3, -0.25) is 0 Å². The van der Waals surface area contributed by atoms with Gasteiger partial charge in [0.1, 0.15) is 29.4 Å². The molecule has 0 spiro atoms. The first-order valence-electron chi connectivity index (χ1n) is 20.2. The third-order valence-corrected chi connectivity index (χ3v) is 12.7. The molecule has 1 heterocycles. The SMILES string of the molecule is C[NH+]1CCCC1.Fc1c(F)c(F)c2c([B-](c3c(F)c(F)c(F)c4c(F)c(F)c(F)c(F)c34)(c3c(F)c(F)c(F)c4c(F)c(F)c(F)c(F)c34)c3c(F)c(F)c(F)c4c(F)c(F)c(F)c(F)c34)c(F)c(F)c(F)c2c1F. The maximum Gasteiger partial charge on any atom is 0.198 e. The molecule has 8 aromatic rings. The molecule has 1 aliphatic heterocycles. The molecule has 0 atom stereocenters. The first kappa shape index (κ1) is 54.1. The lowest BCUT2D eigenvalue weighted by Crippen LogP contribution is -3.06. The van der Waals surface area contributed by atoms with Crippen molar-refractivity contribution in [3.05, 3.63) is 163 Å². The van der Waals surface area contributed by atoms with Crippen LogP contribution < -0.4 is 26.8 Å². The summed E-state index contributed by atoms with van der Waals surface area (Å²) in [6.45, 7) is 2.81. The van der Waals surface area contributed by atoms with Crippen molar-refractivity contribution in [2.45, 2.75) is 12.8 Å². The minimum atomic E-state index is -8.05. The maximum atomic E-state index is 17.3. The predicted octanol–water partition coefficient (Wildman–Crippen LogP) is 10.9. The van der Waals surface area contributed by atoms with Crippen molar-refractivity contribution < 1.29 is 128 Å². The first-order valence-corrected chi connectivity index (χ1v) is 20.2. The zero-order valence-electron chi connectivity index (χ0n) is 35.5. The van der Waals surface area contributed by atoms with Crippen molar-refractivity contribution in [3.63, 3.8) is 0 Å². The Hall–Kier alpha value is -7.14. The summed E-state index contributed by atoms with van der Waals surface area (Å²) in [5.74, 6) is -104. The number of quaternary nitrogens is 1. The van der Waals surface area contributed by atoms with Crippen LogP contribution in [0.15, 0.2) is 0 Å². The van der Waals surface area contributed by atoms with Gasteiger partial charge >= 0.3 is 0 Å². The molecule has 8 aromatic carbocycles. The Bertz CT molecular complexity index is 3380. The topological polar surface area (TPSA) is 4.44 Å². The van der Waals surface area contributed by atoms with E-state index in [2.05, 4.69) is 7.05 Å². The number of rotatable bonds is 4. The minimum Gasteiger partial charge on any atom is -0.337 e. The second kappa shape index (κ2) is 18.3. The quantitative estimate of drug-likeness (QED) is 0.0775. The van der Waals surface area contributed by atoms with Gasteiger partial charge in [-0.25, -0.2) is 123 Å². The van der Waals surface area contributed by atoms with E-state index in [1.54, 1.807) is 4.90 Å². The molecule has 0 bridgehead atoms. The van der Waals surface area contributed by atoms with E-state index in [9.17, 15) is 17.6 Å². The molecule has 0 saturated carbocycles. The largest absolute Gasteiger partial charge is 0.337 e. The summed E-state index contributed by atoms with van der Waals surface area (Å²) in [4.78, 5) is 1.70. The summed E-state index contributed by atoms with van der Waals surface area (Å²) in [6.07, 6.45) is -5.15. The molecular weight excluding hydrogens is 1100 g/mol. The highest BCUT2D eigenvalue weighted by Crippen LogP contribution is 2.42. The fourth-order valence-electron chi connectivity index (χ4n) is 9.57. The molecule has 0 radical (unpaired) electrons. The van der Waals surface area contributed by atoms with Gasteiger partial charge in [0, 0.05) is 12.8 Å². The molecule has 9 rings (SSSR count). The van der Waals surface area contributed by atoms with Crippen LogP contribution in [0.2, 0.25) is 0 Å². The highest BCUT2D eigenvalue weighted by Gasteiger charge is 2.52. The van der Waals surface area contributed by atoms with E-state index in [4.69, 9.17) is 0 Å². The number of fused-ring (bicyclic) bond motifs is 4. The van der Waals surface area contributed by atoms with Gasteiger partial charge in [0.05, 0.1) is 41.7 Å². The molecule has 1 saturated heterocycles. The lowest BCUT2D eigenvalue weighted by Gasteiger charge is -2.47. The van der Waals surface area contributed by atoms with Crippen molar-refractivity contribution in [3.8, 4) is 0 Å². The van der Waals surface area contributed by atoms with E-state index < -0.39 is 234 Å². The fourth-order valence-corrected chi connectivity index (χ4v) is 9.57. The molecule has 30 heteroatoms. The summed E-state index contributed by atoms with van der Waals surface area (Å²) < 4.78 is 446. The second-order valence-corrected chi connectivity index (χ2v) is 16.5. The highest BCUT2D eigenvalue weighted by molar-refractivity contribution is 7.23. The zero-order valence-corrected chi connectivity index (χ0v) is 35.5. The molecule has 396 valence electrons. The summed E-state index contributed by atoms with van der Waals surface area (Å²) >= 11 is 0. The standard InChI is InChI=1S/C40BF28.C5H11N/c42-13-1-5(21(50)37(66)33(13)62)17(46)29(58)25(54)9(1)41(10-2-6(18(47)30(59)26(10)55)22(51)38(67)34(63)14(2)43,11-3-7(19(48)31(60)27(11)56)23(52)39(68)35(64)15(3)44)12-4-8(20(49)32(61)28(12)57)24(53)40(69)36(65)16(4)45;1-6-4-2-3-5-6/h;2-5H2,1H3/q-1;/p+1. The third-order valence-electron chi connectivity index (χ3n) is 12.7. The monoisotopic (exact) mass is 1110 g/mol. The summed E-state index contributed by atoms with van der Waals surface area (Å²) in [6, 6.07) is 0. The van der Waals surface area contributed by atoms with E-state index in [-0.39, 0.29) is 0 Å². The number of halogens is 28. The van der Waals surface area contributed by atoms with E-state index in [0.29, 0.717) is 0 Å². The van der Waals surface area contributed by atoms with Crippen molar-refractivity contribution in [1.82, 2.24) is 0 Å². The average molecular weight is 1110 g/mol. The van der Waals surface area contributed by atoms with Gasteiger partial charge in [-0.2, -0.15) is 0 Å². The summed E-state index contributed by atoms with van der Waals surface area (Å²) in [5, 5.41) is -27.0. The minimum absolute atomic E-state index is 1.40. The van der Waals surface area contributed by atoms with Crippen LogP contribution in [0.3, 0.4) is 0 Å². The van der Waals surface area contributed by atoms with Gasteiger partial charge in [0.25, 0.3) is 0 Å². The number of nitrogens with one attached hydrogen (secondary N) is 1. The Kier molecular flexibility index (Phi) is 13.2. The first-order chi connectivity index (χ1) is 34.9. The van der Waals surface area contributed by atoms with Crippen LogP contribution in [0, 0.1) is 163 Å². The van der Waals surface area contributed by atoms with Crippen LogP contribution in [0.25, 0.3) is 43.1 Å². The van der Waals surface area contributed by atoms with Gasteiger partial charge in [-0.1, -0.05) is 0 Å². The normalized spacial score (nSPS) is 13.4. The van der Waals surface area contributed by atoms with E-state index in [0.717, 1.165) is 0 Å². The predicted molar refractivity (Wildman–Crippen MR) is 205 cm³/mol. The molecule has 1 N–H and O–H groups in total. The third kappa shape index (κ3) is 7.04. The molecule has 1 aliphatic rings. The lowest BCUT2D eigenvalue weighted by molar-refractivity contribution is -0.866. The van der Waals surface area contributed by atoms with Crippen molar-refractivity contribution in [2.24, 2.45) is 0 Å². The van der Waals surface area contributed by atoms with Crippen molar-refractivity contribution in [1.29, 1.82) is 0 Å². The smallest absolute Gasteiger partial charge is 0.198 e. The lowest BCUT2D eigenvalue weighted by atomic mass is 9.11. The Morgan fingerprint density at radius 1 is 0.200 bits per heavy atom. The van der Waals surface area contributed by atoms with Crippen molar-refractivity contribution >= 4 is 71.1 Å². The van der Waals surface area contributed by atoms with Gasteiger partial charge in [-0.05, 0) is 21.5 Å². The van der Waals surface area contributed by atoms with Gasteiger partial charge in [0.2, 0.25) is 0 Å². The van der Waals surface area contributed by atoms with E-state index >= 15 is 105 Å². The molecular formula is C45H12BF28N. The van der Waals surface area contributed by atoms with Crippen LogP contribution >= 0.6 is 0 Å².